The molecule has 2 saturated heterocycles. The molecule has 0 aromatic rings. The third kappa shape index (κ3) is 1.22. The molecule has 2 heterocycles. The van der Waals surface area contributed by atoms with Crippen LogP contribution in [0.4, 0.5) is 0 Å². The molecule has 2 aliphatic rings. The molecule has 1 amide bonds. The van der Waals surface area contributed by atoms with Crippen molar-refractivity contribution in [1.82, 2.24) is 10.2 Å². The first kappa shape index (κ1) is 9.56. The Balaban J connectivity index is 2.22. The number of carbonyl (C=O) groups is 1. The second-order valence-electron chi connectivity index (χ2n) is 4.26. The molecule has 0 radical (unpaired) electrons. The maximum absolute atomic E-state index is 11.8. The summed E-state index contributed by atoms with van der Waals surface area (Å²) >= 11 is 0. The number of carbonyl (C=O) groups excluding carboxylic acids is 1. The van der Waals surface area contributed by atoms with Gasteiger partial charge < -0.3 is 10.2 Å². The Kier molecular flexibility index (Phi) is 2.25. The van der Waals surface area contributed by atoms with E-state index in [1.807, 2.05) is 0 Å². The Bertz CT molecular complexity index is 285. The zero-order valence-electron chi connectivity index (χ0n) is 8.97. The molecule has 0 bridgehead atoms. The third-order valence-electron chi connectivity index (χ3n) is 3.50. The quantitative estimate of drug-likeness (QED) is 0.678. The fraction of sp³-hybridized carbons (Fsp3) is 0.727. The van der Waals surface area contributed by atoms with Crippen LogP contribution in [-0.4, -0.2) is 30.4 Å². The van der Waals surface area contributed by atoms with E-state index in [1.165, 1.54) is 5.70 Å². The van der Waals surface area contributed by atoms with Crippen LogP contribution in [0.15, 0.2) is 11.8 Å². The molecule has 3 nitrogen and oxygen atoms in total. The van der Waals surface area contributed by atoms with E-state index in [-0.39, 0.29) is 11.3 Å². The Hall–Kier alpha value is -0.990. The molecular weight excluding hydrogens is 176 g/mol. The number of amides is 1. The summed E-state index contributed by atoms with van der Waals surface area (Å²) in [6.45, 7) is 6.98. The highest BCUT2D eigenvalue weighted by molar-refractivity contribution is 5.85. The van der Waals surface area contributed by atoms with Crippen molar-refractivity contribution in [1.29, 1.82) is 0 Å². The summed E-state index contributed by atoms with van der Waals surface area (Å²) < 4.78 is 0. The van der Waals surface area contributed by atoms with Gasteiger partial charge in [-0.1, -0.05) is 6.08 Å². The highest BCUT2D eigenvalue weighted by Gasteiger charge is 2.48. The van der Waals surface area contributed by atoms with Crippen molar-refractivity contribution in [3.05, 3.63) is 11.8 Å². The van der Waals surface area contributed by atoms with Crippen LogP contribution >= 0.6 is 0 Å². The summed E-state index contributed by atoms with van der Waals surface area (Å²) in [5.74, 6) is 0.257. The standard InChI is InChI=1S/C11H18N2O/c1-3-9-7-11(8-13(9)4-2)5-6-12-10(11)14/h3H,4-8H2,1-2H3,(H,12,14)/b9-3+. The fourth-order valence-corrected chi connectivity index (χ4v) is 2.62. The van der Waals surface area contributed by atoms with Crippen molar-refractivity contribution in [3.63, 3.8) is 0 Å². The van der Waals surface area contributed by atoms with Gasteiger partial charge in [0, 0.05) is 31.8 Å². The van der Waals surface area contributed by atoms with E-state index >= 15 is 0 Å². The van der Waals surface area contributed by atoms with E-state index in [9.17, 15) is 4.79 Å². The first-order chi connectivity index (χ1) is 6.72. The number of nitrogens with zero attached hydrogens (tertiary/aromatic N) is 1. The maximum Gasteiger partial charge on any atom is 0.228 e. The molecule has 1 unspecified atom stereocenters. The highest BCUT2D eigenvalue weighted by Crippen LogP contribution is 2.42. The molecule has 14 heavy (non-hydrogen) atoms. The molecular formula is C11H18N2O. The van der Waals surface area contributed by atoms with Gasteiger partial charge in [0.1, 0.15) is 0 Å². The highest BCUT2D eigenvalue weighted by atomic mass is 16.2. The van der Waals surface area contributed by atoms with Gasteiger partial charge in [0.05, 0.1) is 5.41 Å². The number of hydrogen-bond donors (Lipinski definition) is 1. The number of nitrogens with one attached hydrogen (secondary N) is 1. The van der Waals surface area contributed by atoms with Crippen LogP contribution in [0.1, 0.15) is 26.7 Å². The lowest BCUT2D eigenvalue weighted by atomic mass is 9.85. The van der Waals surface area contributed by atoms with E-state index in [4.69, 9.17) is 0 Å². The monoisotopic (exact) mass is 194 g/mol. The van der Waals surface area contributed by atoms with E-state index in [0.717, 1.165) is 32.5 Å². The normalized spacial score (nSPS) is 34.6. The van der Waals surface area contributed by atoms with Gasteiger partial charge in [-0.05, 0) is 20.3 Å². The molecule has 2 fully saturated rings. The van der Waals surface area contributed by atoms with Crippen LogP contribution in [0.25, 0.3) is 0 Å². The molecule has 1 atom stereocenters. The van der Waals surface area contributed by atoms with E-state index in [2.05, 4.69) is 30.1 Å². The second kappa shape index (κ2) is 3.30. The second-order valence-corrected chi connectivity index (χ2v) is 4.26. The van der Waals surface area contributed by atoms with Crippen LogP contribution < -0.4 is 5.32 Å². The lowest BCUT2D eigenvalue weighted by molar-refractivity contribution is -0.127. The molecule has 0 aromatic heterocycles. The molecule has 0 aromatic carbocycles. The first-order valence-electron chi connectivity index (χ1n) is 5.40. The zero-order chi connectivity index (χ0) is 10.2. The minimum Gasteiger partial charge on any atom is -0.374 e. The average molecular weight is 194 g/mol. The number of rotatable bonds is 1. The number of likely N-dealkylation sites (tertiary alicyclic amines) is 1. The van der Waals surface area contributed by atoms with Crippen molar-refractivity contribution in [3.8, 4) is 0 Å². The summed E-state index contributed by atoms with van der Waals surface area (Å²) in [6.07, 6.45) is 4.08. The molecule has 3 heteroatoms. The van der Waals surface area contributed by atoms with Crippen LogP contribution in [0.3, 0.4) is 0 Å². The van der Waals surface area contributed by atoms with Gasteiger partial charge in [-0.25, -0.2) is 0 Å². The van der Waals surface area contributed by atoms with Crippen molar-refractivity contribution in [2.45, 2.75) is 26.7 Å². The summed E-state index contributed by atoms with van der Waals surface area (Å²) in [5.41, 5.74) is 1.24. The zero-order valence-corrected chi connectivity index (χ0v) is 8.97. The average Bonchev–Trinajstić information content (AvgIpc) is 2.73. The van der Waals surface area contributed by atoms with Crippen molar-refractivity contribution in [2.75, 3.05) is 19.6 Å². The first-order valence-corrected chi connectivity index (χ1v) is 5.40. The SMILES string of the molecule is C/C=C1\CC2(CCNC2=O)CN1CC. The molecule has 78 valence electrons. The Morgan fingerprint density at radius 3 is 2.86 bits per heavy atom. The molecule has 2 aliphatic heterocycles. The molecule has 1 N–H and O–H groups in total. The van der Waals surface area contributed by atoms with Crippen molar-refractivity contribution >= 4 is 5.91 Å². The van der Waals surface area contributed by atoms with Gasteiger partial charge in [-0.15, -0.1) is 0 Å². The molecule has 0 saturated carbocycles. The van der Waals surface area contributed by atoms with Crippen molar-refractivity contribution in [2.24, 2.45) is 5.41 Å². The minimum atomic E-state index is -0.0994. The van der Waals surface area contributed by atoms with Gasteiger partial charge >= 0.3 is 0 Å². The van der Waals surface area contributed by atoms with E-state index in [1.54, 1.807) is 0 Å². The summed E-state index contributed by atoms with van der Waals surface area (Å²) in [5, 5.41) is 2.95. The lowest BCUT2D eigenvalue weighted by Gasteiger charge is -2.20. The van der Waals surface area contributed by atoms with Crippen molar-refractivity contribution < 1.29 is 4.79 Å². The topological polar surface area (TPSA) is 32.3 Å². The van der Waals surface area contributed by atoms with E-state index < -0.39 is 0 Å². The fourth-order valence-electron chi connectivity index (χ4n) is 2.62. The summed E-state index contributed by atoms with van der Waals surface area (Å²) in [4.78, 5) is 14.1. The van der Waals surface area contributed by atoms with Crippen LogP contribution in [-0.2, 0) is 4.79 Å². The lowest BCUT2D eigenvalue weighted by Crippen LogP contribution is -2.34. The summed E-state index contributed by atoms with van der Waals surface area (Å²) in [6, 6.07) is 0. The van der Waals surface area contributed by atoms with Gasteiger partial charge in [-0.2, -0.15) is 0 Å². The third-order valence-corrected chi connectivity index (χ3v) is 3.50. The predicted octanol–water partition coefficient (Wildman–Crippen LogP) is 1.12. The van der Waals surface area contributed by atoms with Gasteiger partial charge in [0.25, 0.3) is 0 Å². The molecule has 2 rings (SSSR count). The van der Waals surface area contributed by atoms with Gasteiger partial charge in [0.2, 0.25) is 5.91 Å². The Morgan fingerprint density at radius 1 is 1.64 bits per heavy atom. The Morgan fingerprint density at radius 2 is 2.43 bits per heavy atom. The van der Waals surface area contributed by atoms with Crippen LogP contribution in [0.5, 0.6) is 0 Å². The largest absolute Gasteiger partial charge is 0.374 e. The molecule has 0 aliphatic carbocycles. The van der Waals surface area contributed by atoms with Crippen LogP contribution in [0.2, 0.25) is 0 Å². The van der Waals surface area contributed by atoms with Gasteiger partial charge in [0.15, 0.2) is 0 Å². The summed E-state index contributed by atoms with van der Waals surface area (Å²) in [7, 11) is 0. The number of hydrogen-bond acceptors (Lipinski definition) is 2. The Labute approximate surface area is 85.2 Å². The van der Waals surface area contributed by atoms with Gasteiger partial charge in [-0.3, -0.25) is 4.79 Å². The smallest absolute Gasteiger partial charge is 0.228 e. The predicted molar refractivity (Wildman–Crippen MR) is 55.7 cm³/mol. The maximum atomic E-state index is 11.8. The number of allylic oxidation sites excluding steroid dienone is 2. The molecule has 1 spiro atoms. The van der Waals surface area contributed by atoms with Crippen LogP contribution in [0, 0.1) is 5.41 Å². The van der Waals surface area contributed by atoms with E-state index in [0.29, 0.717) is 0 Å². The minimum absolute atomic E-state index is 0.0994.